The van der Waals surface area contributed by atoms with Crippen molar-refractivity contribution in [2.24, 2.45) is 0 Å². The van der Waals surface area contributed by atoms with Gasteiger partial charge in [-0.2, -0.15) is 0 Å². The van der Waals surface area contributed by atoms with Crippen LogP contribution in [0.4, 0.5) is 0 Å². The van der Waals surface area contributed by atoms with Crippen LogP contribution in [-0.2, 0) is 13.0 Å². The fourth-order valence-corrected chi connectivity index (χ4v) is 3.07. The third-order valence-corrected chi connectivity index (χ3v) is 3.95. The van der Waals surface area contributed by atoms with Gasteiger partial charge in [0.1, 0.15) is 5.75 Å². The van der Waals surface area contributed by atoms with E-state index in [-0.39, 0.29) is 6.10 Å². The summed E-state index contributed by atoms with van der Waals surface area (Å²) in [7, 11) is 0. The summed E-state index contributed by atoms with van der Waals surface area (Å²) in [6, 6.07) is 17.3. The van der Waals surface area contributed by atoms with Crippen LogP contribution in [0.3, 0.4) is 0 Å². The first kappa shape index (κ1) is 14.2. The van der Waals surface area contributed by atoms with Crippen molar-refractivity contribution in [3.8, 4) is 5.75 Å². The van der Waals surface area contributed by atoms with Crippen LogP contribution in [0.25, 0.3) is 0 Å². The van der Waals surface area contributed by atoms with E-state index >= 15 is 0 Å². The summed E-state index contributed by atoms with van der Waals surface area (Å²) in [5, 5.41) is 3.53. The number of fused-ring (bicyclic) bond motifs is 1. The molecule has 2 aromatic rings. The van der Waals surface area contributed by atoms with Crippen molar-refractivity contribution < 1.29 is 4.74 Å². The second-order valence-electron chi connectivity index (χ2n) is 6.04. The largest absolute Gasteiger partial charge is 0.491 e. The first-order valence-electron chi connectivity index (χ1n) is 7.76. The summed E-state index contributed by atoms with van der Waals surface area (Å²) in [5.41, 5.74) is 4.27. The minimum Gasteiger partial charge on any atom is -0.491 e. The molecule has 0 saturated carbocycles. The number of benzene rings is 2. The molecule has 0 aliphatic carbocycles. The fraction of sp³-hybridized carbons (Fsp3) is 0.368. The van der Waals surface area contributed by atoms with Crippen molar-refractivity contribution in [1.29, 1.82) is 0 Å². The predicted octanol–water partition coefficient (Wildman–Crippen LogP) is 3.90. The molecular weight excluding hydrogens is 258 g/mol. The van der Waals surface area contributed by atoms with Crippen LogP contribution in [-0.4, -0.2) is 12.6 Å². The van der Waals surface area contributed by atoms with E-state index in [1.165, 1.54) is 16.7 Å². The molecule has 2 heteroatoms. The van der Waals surface area contributed by atoms with Gasteiger partial charge in [-0.3, -0.25) is 0 Å². The van der Waals surface area contributed by atoms with Crippen LogP contribution < -0.4 is 10.1 Å². The van der Waals surface area contributed by atoms with Crippen molar-refractivity contribution in [2.75, 3.05) is 6.54 Å². The molecule has 1 heterocycles. The topological polar surface area (TPSA) is 21.3 Å². The number of nitrogens with one attached hydrogen (secondary N) is 1. The Morgan fingerprint density at radius 3 is 2.86 bits per heavy atom. The molecule has 2 nitrogen and oxygen atoms in total. The molecule has 1 N–H and O–H groups in total. The SMILES string of the molecule is CC(C)Oc1cccc(CC2CNCc3ccccc32)c1. The minimum absolute atomic E-state index is 0.220. The van der Waals surface area contributed by atoms with E-state index in [0.717, 1.165) is 25.3 Å². The van der Waals surface area contributed by atoms with Crippen molar-refractivity contribution in [3.05, 3.63) is 65.2 Å². The zero-order chi connectivity index (χ0) is 14.7. The second-order valence-corrected chi connectivity index (χ2v) is 6.04. The summed E-state index contributed by atoms with van der Waals surface area (Å²) < 4.78 is 5.80. The molecule has 0 bridgehead atoms. The number of hydrogen-bond donors (Lipinski definition) is 1. The van der Waals surface area contributed by atoms with E-state index in [2.05, 4.69) is 61.6 Å². The molecule has 0 spiro atoms. The van der Waals surface area contributed by atoms with Crippen molar-refractivity contribution in [2.45, 2.75) is 38.8 Å². The Bertz CT molecular complexity index is 606. The lowest BCUT2D eigenvalue weighted by Crippen LogP contribution is -2.29. The maximum atomic E-state index is 5.80. The van der Waals surface area contributed by atoms with Crippen LogP contribution in [0.5, 0.6) is 5.75 Å². The zero-order valence-electron chi connectivity index (χ0n) is 12.8. The van der Waals surface area contributed by atoms with Crippen molar-refractivity contribution in [3.63, 3.8) is 0 Å². The summed E-state index contributed by atoms with van der Waals surface area (Å²) >= 11 is 0. The van der Waals surface area contributed by atoms with Gasteiger partial charge in [-0.1, -0.05) is 36.4 Å². The molecule has 0 radical (unpaired) electrons. The summed E-state index contributed by atoms with van der Waals surface area (Å²) in [4.78, 5) is 0. The molecule has 3 rings (SSSR count). The van der Waals surface area contributed by atoms with E-state index < -0.39 is 0 Å². The lowest BCUT2D eigenvalue weighted by atomic mass is 9.86. The Balaban J connectivity index is 1.78. The van der Waals surface area contributed by atoms with E-state index in [1.54, 1.807) is 0 Å². The molecule has 0 amide bonds. The molecule has 1 unspecified atom stereocenters. The molecule has 2 aromatic carbocycles. The van der Waals surface area contributed by atoms with E-state index in [4.69, 9.17) is 4.74 Å². The highest BCUT2D eigenvalue weighted by Gasteiger charge is 2.19. The van der Waals surface area contributed by atoms with E-state index in [9.17, 15) is 0 Å². The van der Waals surface area contributed by atoms with Crippen LogP contribution >= 0.6 is 0 Å². The summed E-state index contributed by atoms with van der Waals surface area (Å²) in [6.45, 7) is 6.16. The predicted molar refractivity (Wildman–Crippen MR) is 86.8 cm³/mol. The zero-order valence-corrected chi connectivity index (χ0v) is 12.8. The highest BCUT2D eigenvalue weighted by molar-refractivity contribution is 5.36. The molecule has 0 saturated heterocycles. The first-order chi connectivity index (χ1) is 10.2. The highest BCUT2D eigenvalue weighted by Crippen LogP contribution is 2.28. The first-order valence-corrected chi connectivity index (χ1v) is 7.76. The Labute approximate surface area is 127 Å². The monoisotopic (exact) mass is 281 g/mol. The van der Waals surface area contributed by atoms with Gasteiger partial charge in [-0.25, -0.2) is 0 Å². The standard InChI is InChI=1S/C19H23NO/c1-14(2)21-18-8-5-6-15(11-18)10-17-13-20-12-16-7-3-4-9-19(16)17/h3-9,11,14,17,20H,10,12-13H2,1-2H3. The quantitative estimate of drug-likeness (QED) is 0.917. The number of rotatable bonds is 4. The Morgan fingerprint density at radius 1 is 1.14 bits per heavy atom. The second kappa shape index (κ2) is 6.31. The molecule has 0 aromatic heterocycles. The smallest absolute Gasteiger partial charge is 0.119 e. The van der Waals surface area contributed by atoms with E-state index in [0.29, 0.717) is 5.92 Å². The lowest BCUT2D eigenvalue weighted by Gasteiger charge is -2.26. The molecule has 1 atom stereocenters. The minimum atomic E-state index is 0.220. The number of ether oxygens (including phenoxy) is 1. The molecule has 1 aliphatic rings. The Hall–Kier alpha value is -1.80. The fourth-order valence-electron chi connectivity index (χ4n) is 3.07. The molecule has 0 fully saturated rings. The van der Waals surface area contributed by atoms with E-state index in [1.807, 2.05) is 6.07 Å². The maximum Gasteiger partial charge on any atom is 0.119 e. The lowest BCUT2D eigenvalue weighted by molar-refractivity contribution is 0.242. The third-order valence-electron chi connectivity index (χ3n) is 3.95. The summed E-state index contributed by atoms with van der Waals surface area (Å²) in [5.74, 6) is 1.52. The van der Waals surface area contributed by atoms with Crippen LogP contribution in [0.15, 0.2) is 48.5 Å². The van der Waals surface area contributed by atoms with Crippen LogP contribution in [0.1, 0.15) is 36.5 Å². The molecule has 110 valence electrons. The van der Waals surface area contributed by atoms with Crippen LogP contribution in [0, 0.1) is 0 Å². The Kier molecular flexibility index (Phi) is 4.26. The van der Waals surface area contributed by atoms with Gasteiger partial charge in [-0.05, 0) is 49.1 Å². The van der Waals surface area contributed by atoms with Gasteiger partial charge in [0, 0.05) is 19.0 Å². The van der Waals surface area contributed by atoms with Gasteiger partial charge in [0.25, 0.3) is 0 Å². The average molecular weight is 281 g/mol. The van der Waals surface area contributed by atoms with Crippen LogP contribution in [0.2, 0.25) is 0 Å². The summed E-state index contributed by atoms with van der Waals surface area (Å²) in [6.07, 6.45) is 1.27. The van der Waals surface area contributed by atoms with Crippen molar-refractivity contribution in [1.82, 2.24) is 5.32 Å². The average Bonchev–Trinajstić information content (AvgIpc) is 2.47. The normalized spacial score (nSPS) is 17.6. The highest BCUT2D eigenvalue weighted by atomic mass is 16.5. The van der Waals surface area contributed by atoms with Gasteiger partial charge in [0.05, 0.1) is 6.10 Å². The molecular formula is C19H23NO. The van der Waals surface area contributed by atoms with Gasteiger partial charge in [-0.15, -0.1) is 0 Å². The van der Waals surface area contributed by atoms with Gasteiger partial charge in [0.2, 0.25) is 0 Å². The maximum absolute atomic E-state index is 5.80. The van der Waals surface area contributed by atoms with Gasteiger partial charge in [0.15, 0.2) is 0 Å². The molecule has 21 heavy (non-hydrogen) atoms. The van der Waals surface area contributed by atoms with Gasteiger partial charge < -0.3 is 10.1 Å². The van der Waals surface area contributed by atoms with Gasteiger partial charge >= 0.3 is 0 Å². The third kappa shape index (κ3) is 3.45. The van der Waals surface area contributed by atoms with Crippen molar-refractivity contribution >= 4 is 0 Å². The number of hydrogen-bond acceptors (Lipinski definition) is 2. The Morgan fingerprint density at radius 2 is 2.00 bits per heavy atom. The molecule has 1 aliphatic heterocycles.